The summed E-state index contributed by atoms with van der Waals surface area (Å²) in [6, 6.07) is 3.54. The second-order valence-electron chi connectivity index (χ2n) is 6.76. The van der Waals surface area contributed by atoms with Crippen LogP contribution in [0.4, 0.5) is 0 Å². The molecule has 0 saturated heterocycles. The monoisotopic (exact) mass is 382 g/mol. The number of hydrogen-bond acceptors (Lipinski definition) is 5. The van der Waals surface area contributed by atoms with Crippen LogP contribution in [-0.4, -0.2) is 44.4 Å². The van der Waals surface area contributed by atoms with Crippen molar-refractivity contribution in [1.82, 2.24) is 0 Å². The van der Waals surface area contributed by atoms with E-state index >= 15 is 0 Å². The quantitative estimate of drug-likeness (QED) is 0.322. The molecule has 1 rings (SSSR count). The minimum absolute atomic E-state index is 0.252. The van der Waals surface area contributed by atoms with Crippen LogP contribution in [0.3, 0.4) is 0 Å². The smallest absolute Gasteiger partial charge is 0.180 e. The Labute approximate surface area is 165 Å². The van der Waals surface area contributed by atoms with E-state index in [0.717, 1.165) is 55.4 Å². The topological polar surface area (TPSA) is 57.2 Å². The molecule has 0 radical (unpaired) electrons. The summed E-state index contributed by atoms with van der Waals surface area (Å²) in [6.45, 7) is 11.5. The van der Waals surface area contributed by atoms with Crippen LogP contribution in [0.15, 0.2) is 12.1 Å². The maximum atomic E-state index is 9.69. The molecule has 0 aliphatic heterocycles. The van der Waals surface area contributed by atoms with Crippen LogP contribution < -0.4 is 4.74 Å². The van der Waals surface area contributed by atoms with Gasteiger partial charge in [-0.1, -0.05) is 20.8 Å². The normalized spacial score (nSPS) is 11.3. The van der Waals surface area contributed by atoms with Crippen LogP contribution in [0.1, 0.15) is 64.0 Å². The number of hydrogen-bond donors (Lipinski definition) is 1. The third-order valence-corrected chi connectivity index (χ3v) is 4.17. The number of ether oxygens (including phenoxy) is 4. The van der Waals surface area contributed by atoms with Gasteiger partial charge in [-0.2, -0.15) is 0 Å². The van der Waals surface area contributed by atoms with Crippen molar-refractivity contribution in [3.63, 3.8) is 0 Å². The highest BCUT2D eigenvalue weighted by Crippen LogP contribution is 2.29. The molecule has 1 aromatic carbocycles. The summed E-state index contributed by atoms with van der Waals surface area (Å²) in [5.74, 6) is 1.22. The average Bonchev–Trinajstić information content (AvgIpc) is 2.66. The molecule has 0 atom stereocenters. The number of aromatic hydroxyl groups is 1. The fourth-order valence-corrected chi connectivity index (χ4v) is 2.78. The lowest BCUT2D eigenvalue weighted by Gasteiger charge is -2.18. The van der Waals surface area contributed by atoms with Crippen molar-refractivity contribution in [2.75, 3.05) is 33.0 Å². The van der Waals surface area contributed by atoms with Crippen LogP contribution in [-0.2, 0) is 20.6 Å². The number of rotatable bonds is 16. The lowest BCUT2D eigenvalue weighted by molar-refractivity contribution is -0.172. The standard InChI is InChI=1S/C22H38O5/c1-5-11-25-21(26-12-6-2)17-24-13-9-8-10-14-27-22-18(4)15-20(23)16-19(22)7-3/h15-16,21,23H,5-14,17H2,1-4H3. The average molecular weight is 383 g/mol. The maximum Gasteiger partial charge on any atom is 0.180 e. The van der Waals surface area contributed by atoms with Crippen molar-refractivity contribution in [1.29, 1.82) is 0 Å². The Kier molecular flexibility index (Phi) is 12.9. The predicted molar refractivity (Wildman–Crippen MR) is 109 cm³/mol. The summed E-state index contributed by atoms with van der Waals surface area (Å²) in [4.78, 5) is 0. The number of phenolic OH excluding ortho intramolecular Hbond substituents is 1. The van der Waals surface area contributed by atoms with Crippen LogP contribution in [0.5, 0.6) is 11.5 Å². The fourth-order valence-electron chi connectivity index (χ4n) is 2.78. The van der Waals surface area contributed by atoms with Crippen molar-refractivity contribution in [2.45, 2.75) is 72.5 Å². The van der Waals surface area contributed by atoms with Crippen LogP contribution in [0.25, 0.3) is 0 Å². The number of benzene rings is 1. The van der Waals surface area contributed by atoms with Gasteiger partial charge in [-0.25, -0.2) is 0 Å². The van der Waals surface area contributed by atoms with E-state index in [1.165, 1.54) is 0 Å². The summed E-state index contributed by atoms with van der Waals surface area (Å²) in [6.07, 6.45) is 5.58. The molecule has 27 heavy (non-hydrogen) atoms. The van der Waals surface area contributed by atoms with Gasteiger partial charge in [-0.3, -0.25) is 0 Å². The first-order chi connectivity index (χ1) is 13.1. The van der Waals surface area contributed by atoms with Gasteiger partial charge in [-0.15, -0.1) is 0 Å². The molecule has 156 valence electrons. The number of phenols is 1. The highest BCUT2D eigenvalue weighted by atomic mass is 16.7. The zero-order valence-corrected chi connectivity index (χ0v) is 17.6. The van der Waals surface area contributed by atoms with Crippen LogP contribution >= 0.6 is 0 Å². The Morgan fingerprint density at radius 2 is 1.56 bits per heavy atom. The minimum atomic E-state index is -0.252. The molecule has 5 nitrogen and oxygen atoms in total. The summed E-state index contributed by atoms with van der Waals surface area (Å²) in [5.41, 5.74) is 2.04. The van der Waals surface area contributed by atoms with E-state index in [2.05, 4.69) is 20.8 Å². The van der Waals surface area contributed by atoms with E-state index in [0.29, 0.717) is 38.8 Å². The van der Waals surface area contributed by atoms with E-state index < -0.39 is 0 Å². The Balaban J connectivity index is 2.17. The van der Waals surface area contributed by atoms with Gasteiger partial charge in [0.25, 0.3) is 0 Å². The van der Waals surface area contributed by atoms with Gasteiger partial charge in [0.1, 0.15) is 11.5 Å². The zero-order valence-electron chi connectivity index (χ0n) is 17.6. The van der Waals surface area contributed by atoms with E-state index in [4.69, 9.17) is 18.9 Å². The first-order valence-electron chi connectivity index (χ1n) is 10.4. The van der Waals surface area contributed by atoms with Crippen molar-refractivity contribution >= 4 is 0 Å². The molecule has 1 N–H and O–H groups in total. The third-order valence-electron chi connectivity index (χ3n) is 4.17. The Hall–Kier alpha value is -1.30. The lowest BCUT2D eigenvalue weighted by atomic mass is 10.1. The molecule has 5 heteroatoms. The molecule has 0 amide bonds. The maximum absolute atomic E-state index is 9.69. The highest BCUT2D eigenvalue weighted by molar-refractivity contribution is 5.46. The molecule has 0 aromatic heterocycles. The SMILES string of the molecule is CCCOC(COCCCCCOc1c(C)cc(O)cc1CC)OCCC. The molecule has 0 heterocycles. The highest BCUT2D eigenvalue weighted by Gasteiger charge is 2.09. The van der Waals surface area contributed by atoms with Gasteiger partial charge in [-0.05, 0) is 68.7 Å². The Morgan fingerprint density at radius 3 is 2.19 bits per heavy atom. The molecule has 0 aliphatic carbocycles. The van der Waals surface area contributed by atoms with E-state index in [9.17, 15) is 5.11 Å². The van der Waals surface area contributed by atoms with E-state index in [1.54, 1.807) is 12.1 Å². The molecule has 0 saturated carbocycles. The number of aryl methyl sites for hydroxylation is 2. The van der Waals surface area contributed by atoms with Gasteiger partial charge in [0.15, 0.2) is 6.29 Å². The Morgan fingerprint density at radius 1 is 0.889 bits per heavy atom. The molecule has 0 bridgehead atoms. The molecular formula is C22H38O5. The zero-order chi connectivity index (χ0) is 19.9. The van der Waals surface area contributed by atoms with Gasteiger partial charge in [0.2, 0.25) is 0 Å². The predicted octanol–water partition coefficient (Wildman–Crippen LogP) is 5.01. The third kappa shape index (κ3) is 9.99. The largest absolute Gasteiger partial charge is 0.508 e. The molecule has 0 fully saturated rings. The summed E-state index contributed by atoms with van der Waals surface area (Å²) in [7, 11) is 0. The second-order valence-corrected chi connectivity index (χ2v) is 6.76. The summed E-state index contributed by atoms with van der Waals surface area (Å²) in [5, 5.41) is 9.69. The summed E-state index contributed by atoms with van der Waals surface area (Å²) < 4.78 is 22.9. The minimum Gasteiger partial charge on any atom is -0.508 e. The second kappa shape index (κ2) is 14.7. The summed E-state index contributed by atoms with van der Waals surface area (Å²) >= 11 is 0. The molecule has 0 unspecified atom stereocenters. The molecular weight excluding hydrogens is 344 g/mol. The van der Waals surface area contributed by atoms with E-state index in [-0.39, 0.29) is 6.29 Å². The van der Waals surface area contributed by atoms with Crippen LogP contribution in [0, 0.1) is 6.92 Å². The molecule has 0 aliphatic rings. The van der Waals surface area contributed by atoms with Crippen molar-refractivity contribution < 1.29 is 24.1 Å². The van der Waals surface area contributed by atoms with Gasteiger partial charge in [0.05, 0.1) is 13.2 Å². The molecule has 0 spiro atoms. The van der Waals surface area contributed by atoms with E-state index in [1.807, 2.05) is 6.92 Å². The van der Waals surface area contributed by atoms with Gasteiger partial charge < -0.3 is 24.1 Å². The first-order valence-corrected chi connectivity index (χ1v) is 10.4. The Bertz CT molecular complexity index is 496. The van der Waals surface area contributed by atoms with Crippen LogP contribution in [0.2, 0.25) is 0 Å². The van der Waals surface area contributed by atoms with Crippen molar-refractivity contribution in [3.8, 4) is 11.5 Å². The lowest BCUT2D eigenvalue weighted by Crippen LogP contribution is -2.24. The molecule has 1 aromatic rings. The van der Waals surface area contributed by atoms with Crippen molar-refractivity contribution in [3.05, 3.63) is 23.3 Å². The number of unbranched alkanes of at least 4 members (excludes halogenated alkanes) is 2. The van der Waals surface area contributed by atoms with Gasteiger partial charge in [0, 0.05) is 19.8 Å². The first kappa shape index (κ1) is 23.7. The fraction of sp³-hybridized carbons (Fsp3) is 0.727. The van der Waals surface area contributed by atoms with Gasteiger partial charge >= 0.3 is 0 Å². The van der Waals surface area contributed by atoms with Crippen molar-refractivity contribution in [2.24, 2.45) is 0 Å².